The Morgan fingerprint density at radius 3 is 2.78 bits per heavy atom. The lowest BCUT2D eigenvalue weighted by Crippen LogP contribution is -2.52. The second-order valence-corrected chi connectivity index (χ2v) is 12.3. The van der Waals surface area contributed by atoms with Crippen molar-refractivity contribution in [1.82, 2.24) is 0 Å². The smallest absolute Gasteiger partial charge is 0.157 e. The summed E-state index contributed by atoms with van der Waals surface area (Å²) in [7, 11) is -3.16. The molecule has 27 heavy (non-hydrogen) atoms. The van der Waals surface area contributed by atoms with E-state index in [1.54, 1.807) is 6.08 Å². The number of carbonyl (C=O) groups is 1. The van der Waals surface area contributed by atoms with Gasteiger partial charge in [0.15, 0.2) is 15.6 Å². The van der Waals surface area contributed by atoms with Crippen LogP contribution in [-0.4, -0.2) is 36.9 Å². The highest BCUT2D eigenvalue weighted by molar-refractivity contribution is 7.92. The molecule has 1 N–H and O–H groups in total. The van der Waals surface area contributed by atoms with Gasteiger partial charge in [0.1, 0.15) is 0 Å². The third-order valence-electron chi connectivity index (χ3n) is 9.28. The molecule has 2 bridgehead atoms. The van der Waals surface area contributed by atoms with Crippen molar-refractivity contribution < 1.29 is 18.3 Å². The largest absolute Gasteiger partial charge is 0.392 e. The van der Waals surface area contributed by atoms with Crippen molar-refractivity contribution in [3.63, 3.8) is 0 Å². The van der Waals surface area contributed by atoms with E-state index in [2.05, 4.69) is 13.5 Å². The van der Waals surface area contributed by atoms with E-state index in [1.807, 2.05) is 0 Å². The van der Waals surface area contributed by atoms with Crippen LogP contribution in [0.5, 0.6) is 0 Å². The van der Waals surface area contributed by atoms with Gasteiger partial charge in [-0.3, -0.25) is 4.79 Å². The van der Waals surface area contributed by atoms with Crippen LogP contribution in [0.15, 0.2) is 23.8 Å². The number of carbonyl (C=O) groups excluding carboxylic acids is 1. The normalized spacial score (nSPS) is 49.8. The minimum Gasteiger partial charge on any atom is -0.392 e. The third kappa shape index (κ3) is 2.19. The number of ketones is 1. The average molecular weight is 391 g/mol. The summed E-state index contributed by atoms with van der Waals surface area (Å²) in [5.74, 6) is 2.06. The van der Waals surface area contributed by atoms with Crippen LogP contribution in [0.3, 0.4) is 0 Å². The lowest BCUT2D eigenvalue weighted by atomic mass is 9.46. The SMILES string of the molecule is C=C(CO)C1CCC2C3C[C@@H]4C5=CC(=O)CC[C@]5(CS4(=O)=O)C3CC[C@]12C. The van der Waals surface area contributed by atoms with Gasteiger partial charge in [-0.05, 0) is 84.8 Å². The Labute approximate surface area is 162 Å². The highest BCUT2D eigenvalue weighted by Gasteiger charge is 2.67. The molecule has 7 atom stereocenters. The first kappa shape index (κ1) is 18.1. The highest BCUT2D eigenvalue weighted by Crippen LogP contribution is 2.70. The Morgan fingerprint density at radius 2 is 2.04 bits per heavy atom. The molecule has 1 saturated heterocycles. The first-order chi connectivity index (χ1) is 12.7. The first-order valence-electron chi connectivity index (χ1n) is 10.5. The second kappa shape index (κ2) is 5.56. The van der Waals surface area contributed by atoms with Crippen LogP contribution in [-0.2, 0) is 14.6 Å². The predicted octanol–water partition coefficient (Wildman–Crippen LogP) is 3.07. The molecular weight excluding hydrogens is 360 g/mol. The van der Waals surface area contributed by atoms with E-state index in [-0.39, 0.29) is 29.0 Å². The van der Waals surface area contributed by atoms with Gasteiger partial charge in [0.2, 0.25) is 0 Å². The zero-order valence-corrected chi connectivity index (χ0v) is 16.9. The van der Waals surface area contributed by atoms with Gasteiger partial charge >= 0.3 is 0 Å². The van der Waals surface area contributed by atoms with Crippen LogP contribution in [0.25, 0.3) is 0 Å². The minimum absolute atomic E-state index is 0.0526. The van der Waals surface area contributed by atoms with E-state index in [4.69, 9.17) is 0 Å². The van der Waals surface area contributed by atoms with Gasteiger partial charge in [0.05, 0.1) is 17.6 Å². The Bertz CT molecular complexity index is 856. The molecule has 3 saturated carbocycles. The summed E-state index contributed by atoms with van der Waals surface area (Å²) in [6.45, 7) is 6.55. The number of hydrogen-bond acceptors (Lipinski definition) is 4. The quantitative estimate of drug-likeness (QED) is 0.736. The maximum absolute atomic E-state index is 13.0. The molecule has 1 aliphatic heterocycles. The van der Waals surface area contributed by atoms with E-state index in [0.29, 0.717) is 36.5 Å². The maximum Gasteiger partial charge on any atom is 0.157 e. The number of fused-ring (bicyclic) bond motifs is 3. The fourth-order valence-corrected chi connectivity index (χ4v) is 10.9. The van der Waals surface area contributed by atoms with Gasteiger partial charge in [0.25, 0.3) is 0 Å². The number of sulfone groups is 1. The highest BCUT2D eigenvalue weighted by atomic mass is 32.2. The molecule has 0 aromatic carbocycles. The molecule has 4 fully saturated rings. The molecule has 0 aromatic heterocycles. The summed E-state index contributed by atoms with van der Waals surface area (Å²) in [5.41, 5.74) is 1.78. The van der Waals surface area contributed by atoms with Crippen LogP contribution in [0, 0.1) is 34.5 Å². The van der Waals surface area contributed by atoms with Gasteiger partial charge in [-0.25, -0.2) is 8.42 Å². The van der Waals surface area contributed by atoms with E-state index in [1.165, 1.54) is 0 Å². The number of aliphatic hydroxyl groups is 1. The molecule has 0 amide bonds. The predicted molar refractivity (Wildman–Crippen MR) is 104 cm³/mol. The Kier molecular flexibility index (Phi) is 3.73. The molecule has 4 aliphatic carbocycles. The van der Waals surface area contributed by atoms with E-state index < -0.39 is 15.1 Å². The van der Waals surface area contributed by atoms with Crippen molar-refractivity contribution in [3.8, 4) is 0 Å². The van der Waals surface area contributed by atoms with Gasteiger partial charge in [-0.1, -0.05) is 13.5 Å². The molecule has 0 aromatic rings. The average Bonchev–Trinajstić information content (AvgIpc) is 3.04. The Morgan fingerprint density at radius 1 is 1.26 bits per heavy atom. The molecule has 5 rings (SSSR count). The fourth-order valence-electron chi connectivity index (χ4n) is 8.21. The van der Waals surface area contributed by atoms with Crippen LogP contribution >= 0.6 is 0 Å². The number of hydrogen-bond donors (Lipinski definition) is 1. The van der Waals surface area contributed by atoms with Crippen molar-refractivity contribution in [1.29, 1.82) is 0 Å². The van der Waals surface area contributed by atoms with E-state index in [0.717, 1.165) is 43.3 Å². The summed E-state index contributed by atoms with van der Waals surface area (Å²) in [4.78, 5) is 12.1. The van der Waals surface area contributed by atoms with Crippen molar-refractivity contribution >= 4 is 15.6 Å². The summed E-state index contributed by atoms with van der Waals surface area (Å²) in [6, 6.07) is 0. The molecule has 148 valence electrons. The maximum atomic E-state index is 13.0. The summed E-state index contributed by atoms with van der Waals surface area (Å²) in [6.07, 6.45) is 7.94. The van der Waals surface area contributed by atoms with Gasteiger partial charge < -0.3 is 5.11 Å². The lowest BCUT2D eigenvalue weighted by Gasteiger charge is -2.57. The summed E-state index contributed by atoms with van der Waals surface area (Å²) < 4.78 is 26.1. The van der Waals surface area contributed by atoms with E-state index in [9.17, 15) is 18.3 Å². The Hall–Kier alpha value is -0.940. The Balaban J connectivity index is 1.58. The van der Waals surface area contributed by atoms with Crippen molar-refractivity contribution in [2.45, 2.75) is 57.1 Å². The zero-order chi connectivity index (χ0) is 19.2. The lowest BCUT2D eigenvalue weighted by molar-refractivity contribution is -0.117. The molecule has 1 heterocycles. The monoisotopic (exact) mass is 390 g/mol. The van der Waals surface area contributed by atoms with Crippen molar-refractivity contribution in [2.24, 2.45) is 34.5 Å². The zero-order valence-electron chi connectivity index (χ0n) is 16.1. The van der Waals surface area contributed by atoms with Crippen LogP contribution < -0.4 is 0 Å². The molecule has 0 radical (unpaired) electrons. The molecule has 4 nitrogen and oxygen atoms in total. The van der Waals surface area contributed by atoms with Crippen LogP contribution in [0.2, 0.25) is 0 Å². The van der Waals surface area contributed by atoms with Crippen molar-refractivity contribution in [3.05, 3.63) is 23.8 Å². The van der Waals surface area contributed by atoms with Gasteiger partial charge in [0, 0.05) is 11.8 Å². The van der Waals surface area contributed by atoms with Gasteiger partial charge in [-0.15, -0.1) is 0 Å². The molecule has 4 unspecified atom stereocenters. The van der Waals surface area contributed by atoms with Gasteiger partial charge in [-0.2, -0.15) is 0 Å². The second-order valence-electron chi connectivity index (χ2n) is 10.1. The van der Waals surface area contributed by atoms with Crippen LogP contribution in [0.1, 0.15) is 51.9 Å². The fraction of sp³-hybridized carbons (Fsp3) is 0.773. The summed E-state index contributed by atoms with van der Waals surface area (Å²) in [5, 5.41) is 9.23. The number of rotatable bonds is 2. The topological polar surface area (TPSA) is 71.4 Å². The molecule has 5 aliphatic rings. The molecular formula is C22H30O4S. The molecule has 0 spiro atoms. The standard InChI is InChI=1S/C22H30O4S/c1-13(11-23)16-3-4-17-15-10-20-19-9-14(24)5-8-22(19,12-27(20,25)26)18(15)6-7-21(16,17)2/h9,15-18,20,23H,1,3-8,10-12H2,2H3/t15?,16?,17?,18?,20-,21-,22+/m1/s1. The van der Waals surface area contributed by atoms with Crippen molar-refractivity contribution in [2.75, 3.05) is 12.4 Å². The van der Waals surface area contributed by atoms with Crippen LogP contribution in [0.4, 0.5) is 0 Å². The minimum atomic E-state index is -3.16. The number of aliphatic hydroxyl groups excluding tert-OH is 1. The molecule has 5 heteroatoms. The summed E-state index contributed by atoms with van der Waals surface area (Å²) >= 11 is 0. The van der Waals surface area contributed by atoms with E-state index >= 15 is 0 Å². The first-order valence-corrected chi connectivity index (χ1v) is 12.2. The third-order valence-corrected chi connectivity index (χ3v) is 11.5.